The lowest BCUT2D eigenvalue weighted by atomic mass is 9.82. The Morgan fingerprint density at radius 1 is 1.39 bits per heavy atom. The van der Waals surface area contributed by atoms with Gasteiger partial charge in [-0.05, 0) is 78.6 Å². The average Bonchev–Trinajstić information content (AvgIpc) is 2.56. The van der Waals surface area contributed by atoms with Crippen LogP contribution in [0.3, 0.4) is 0 Å². The van der Waals surface area contributed by atoms with Gasteiger partial charge in [-0.2, -0.15) is 0 Å². The average molecular weight is 376 g/mol. The van der Waals surface area contributed by atoms with E-state index < -0.39 is 0 Å². The van der Waals surface area contributed by atoms with Crippen molar-refractivity contribution in [3.05, 3.63) is 64.4 Å². The lowest BCUT2D eigenvalue weighted by Gasteiger charge is -2.29. The maximum Gasteiger partial charge on any atom is 0.0903 e. The minimum Gasteiger partial charge on any atom is -0.372 e. The van der Waals surface area contributed by atoms with E-state index in [1.54, 1.807) is 0 Å². The van der Waals surface area contributed by atoms with Crippen LogP contribution in [0.1, 0.15) is 43.9 Å². The summed E-state index contributed by atoms with van der Waals surface area (Å²) in [7, 11) is 0. The SMILES string of the molecule is C=C/C(=C\C=C/C)C1CCC(OCc2ncc(C)cc2Br)CC1. The van der Waals surface area contributed by atoms with E-state index in [0.717, 1.165) is 28.6 Å². The molecule has 0 atom stereocenters. The van der Waals surface area contributed by atoms with Gasteiger partial charge in [0.25, 0.3) is 0 Å². The molecule has 0 bridgehead atoms. The van der Waals surface area contributed by atoms with Gasteiger partial charge in [0.2, 0.25) is 0 Å². The van der Waals surface area contributed by atoms with E-state index in [4.69, 9.17) is 4.74 Å². The normalized spacial score (nSPS) is 22.5. The van der Waals surface area contributed by atoms with E-state index in [2.05, 4.69) is 51.8 Å². The van der Waals surface area contributed by atoms with Crippen LogP contribution in [0, 0.1) is 12.8 Å². The third kappa shape index (κ3) is 5.43. The molecule has 0 spiro atoms. The van der Waals surface area contributed by atoms with E-state index >= 15 is 0 Å². The fourth-order valence-corrected chi connectivity index (χ4v) is 3.58. The summed E-state index contributed by atoms with van der Waals surface area (Å²) < 4.78 is 7.12. The van der Waals surface area contributed by atoms with Crippen LogP contribution < -0.4 is 0 Å². The van der Waals surface area contributed by atoms with E-state index in [0.29, 0.717) is 18.6 Å². The zero-order valence-electron chi connectivity index (χ0n) is 14.1. The summed E-state index contributed by atoms with van der Waals surface area (Å²) >= 11 is 3.57. The molecule has 0 aliphatic heterocycles. The Balaban J connectivity index is 1.84. The maximum atomic E-state index is 6.08. The first kappa shape index (κ1) is 18.2. The molecule has 3 heteroatoms. The number of hydrogen-bond acceptors (Lipinski definition) is 2. The summed E-state index contributed by atoms with van der Waals surface area (Å²) in [6.45, 7) is 8.62. The molecule has 0 radical (unpaired) electrons. The number of allylic oxidation sites excluding steroid dienone is 5. The van der Waals surface area contributed by atoms with Gasteiger partial charge in [0.15, 0.2) is 0 Å². The zero-order valence-corrected chi connectivity index (χ0v) is 15.7. The Morgan fingerprint density at radius 2 is 2.13 bits per heavy atom. The van der Waals surface area contributed by atoms with Crippen molar-refractivity contribution in [3.63, 3.8) is 0 Å². The molecule has 2 nitrogen and oxygen atoms in total. The molecule has 1 fully saturated rings. The molecule has 2 rings (SSSR count). The number of pyridine rings is 1. The van der Waals surface area contributed by atoms with Gasteiger partial charge in [-0.3, -0.25) is 4.98 Å². The summed E-state index contributed by atoms with van der Waals surface area (Å²) in [5, 5.41) is 0. The Hall–Kier alpha value is -1.19. The monoisotopic (exact) mass is 375 g/mol. The van der Waals surface area contributed by atoms with E-state index in [-0.39, 0.29) is 0 Å². The van der Waals surface area contributed by atoms with Crippen LogP contribution in [0.25, 0.3) is 0 Å². The summed E-state index contributed by atoms with van der Waals surface area (Å²) in [6.07, 6.45) is 15.1. The lowest BCUT2D eigenvalue weighted by Crippen LogP contribution is -2.22. The minimum atomic E-state index is 0.342. The van der Waals surface area contributed by atoms with Gasteiger partial charge in [0, 0.05) is 10.7 Å². The second-order valence-electron chi connectivity index (χ2n) is 6.12. The third-order valence-electron chi connectivity index (χ3n) is 4.37. The number of aromatic nitrogens is 1. The van der Waals surface area contributed by atoms with Crippen molar-refractivity contribution in [2.24, 2.45) is 5.92 Å². The number of ether oxygens (including phenoxy) is 1. The molecular formula is C20H26BrNO. The van der Waals surface area contributed by atoms with Crippen LogP contribution in [-0.4, -0.2) is 11.1 Å². The van der Waals surface area contributed by atoms with Gasteiger partial charge < -0.3 is 4.74 Å². The summed E-state index contributed by atoms with van der Waals surface area (Å²) in [5.41, 5.74) is 3.49. The molecule has 23 heavy (non-hydrogen) atoms. The van der Waals surface area contributed by atoms with Gasteiger partial charge in [0.05, 0.1) is 18.4 Å². The first-order chi connectivity index (χ1) is 11.1. The smallest absolute Gasteiger partial charge is 0.0903 e. The third-order valence-corrected chi connectivity index (χ3v) is 5.06. The lowest BCUT2D eigenvalue weighted by molar-refractivity contribution is 0.00865. The Kier molecular flexibility index (Phi) is 7.25. The van der Waals surface area contributed by atoms with Crippen LogP contribution in [0.15, 0.2) is 53.2 Å². The highest BCUT2D eigenvalue weighted by molar-refractivity contribution is 9.10. The number of rotatable bonds is 6. The predicted octanol–water partition coefficient (Wildman–Crippen LogP) is 5.92. The largest absolute Gasteiger partial charge is 0.372 e. The van der Waals surface area contributed by atoms with E-state index in [1.807, 2.05) is 26.1 Å². The van der Waals surface area contributed by atoms with Gasteiger partial charge >= 0.3 is 0 Å². The molecule has 0 unspecified atom stereocenters. The molecule has 0 aromatic carbocycles. The highest BCUT2D eigenvalue weighted by Crippen LogP contribution is 2.32. The van der Waals surface area contributed by atoms with Crippen LogP contribution >= 0.6 is 15.9 Å². The van der Waals surface area contributed by atoms with Crippen molar-refractivity contribution >= 4 is 15.9 Å². The zero-order chi connectivity index (χ0) is 16.7. The molecular weight excluding hydrogens is 350 g/mol. The van der Waals surface area contributed by atoms with Gasteiger partial charge in [-0.1, -0.05) is 30.9 Å². The minimum absolute atomic E-state index is 0.342. The van der Waals surface area contributed by atoms with E-state index in [1.165, 1.54) is 18.4 Å². The van der Waals surface area contributed by atoms with Gasteiger partial charge in [-0.25, -0.2) is 0 Å². The fourth-order valence-electron chi connectivity index (χ4n) is 3.01. The molecule has 1 heterocycles. The molecule has 0 N–H and O–H groups in total. The van der Waals surface area contributed by atoms with Crippen LogP contribution in [-0.2, 0) is 11.3 Å². The highest BCUT2D eigenvalue weighted by Gasteiger charge is 2.23. The van der Waals surface area contributed by atoms with Crippen molar-refractivity contribution in [2.45, 2.75) is 52.2 Å². The number of hydrogen-bond donors (Lipinski definition) is 0. The maximum absolute atomic E-state index is 6.08. The fraction of sp³-hybridized carbons (Fsp3) is 0.450. The molecule has 0 amide bonds. The van der Waals surface area contributed by atoms with Gasteiger partial charge in [-0.15, -0.1) is 0 Å². The molecule has 1 saturated carbocycles. The van der Waals surface area contributed by atoms with Crippen molar-refractivity contribution in [2.75, 3.05) is 0 Å². The van der Waals surface area contributed by atoms with Crippen molar-refractivity contribution in [1.29, 1.82) is 0 Å². The van der Waals surface area contributed by atoms with Crippen LogP contribution in [0.4, 0.5) is 0 Å². The number of aryl methyl sites for hydroxylation is 1. The van der Waals surface area contributed by atoms with Gasteiger partial charge in [0.1, 0.15) is 0 Å². The molecule has 1 aliphatic carbocycles. The Morgan fingerprint density at radius 3 is 2.74 bits per heavy atom. The number of halogens is 1. The quantitative estimate of drug-likeness (QED) is 0.575. The molecule has 1 aromatic rings. The van der Waals surface area contributed by atoms with Crippen molar-refractivity contribution in [1.82, 2.24) is 4.98 Å². The first-order valence-corrected chi connectivity index (χ1v) is 9.11. The molecule has 124 valence electrons. The Labute approximate surface area is 148 Å². The Bertz CT molecular complexity index is 583. The van der Waals surface area contributed by atoms with Crippen LogP contribution in [0.2, 0.25) is 0 Å². The van der Waals surface area contributed by atoms with Crippen LogP contribution in [0.5, 0.6) is 0 Å². The highest BCUT2D eigenvalue weighted by atomic mass is 79.9. The van der Waals surface area contributed by atoms with Crippen molar-refractivity contribution in [3.8, 4) is 0 Å². The summed E-state index contributed by atoms with van der Waals surface area (Å²) in [4.78, 5) is 4.45. The van der Waals surface area contributed by atoms with Crippen molar-refractivity contribution < 1.29 is 4.74 Å². The second kappa shape index (κ2) is 9.19. The van der Waals surface area contributed by atoms with E-state index in [9.17, 15) is 0 Å². The summed E-state index contributed by atoms with van der Waals surface area (Å²) in [5.74, 6) is 0.618. The molecule has 1 aliphatic rings. The number of nitrogens with zero attached hydrogens (tertiary/aromatic N) is 1. The first-order valence-electron chi connectivity index (χ1n) is 8.32. The predicted molar refractivity (Wildman–Crippen MR) is 100 cm³/mol. The second-order valence-corrected chi connectivity index (χ2v) is 6.98. The molecule has 1 aromatic heterocycles. The molecule has 0 saturated heterocycles. The summed E-state index contributed by atoms with van der Waals surface area (Å²) in [6, 6.07) is 2.09. The standard InChI is InChI=1S/C20H26BrNO/c1-4-6-7-16(5-2)17-8-10-18(11-9-17)23-14-20-19(21)12-15(3)13-22-20/h4-7,12-13,17-18H,2,8-11,14H2,1,3H3/b6-4-,16-7+. The topological polar surface area (TPSA) is 22.1 Å².